The molecule has 134 valence electrons. The van der Waals surface area contributed by atoms with Gasteiger partial charge < -0.3 is 19.0 Å². The molecule has 3 heterocycles. The molecule has 0 aliphatic carbocycles. The number of aromatic amines is 1. The average Bonchev–Trinajstić information content (AvgIpc) is 3.35. The summed E-state index contributed by atoms with van der Waals surface area (Å²) in [7, 11) is 0. The lowest BCUT2D eigenvalue weighted by molar-refractivity contribution is 0.0483. The molecule has 1 atom stereocenters. The number of furan rings is 1. The van der Waals surface area contributed by atoms with Gasteiger partial charge >= 0.3 is 0 Å². The van der Waals surface area contributed by atoms with Crippen molar-refractivity contribution in [2.45, 2.75) is 25.5 Å². The molecule has 3 aromatic rings. The normalized spacial score (nSPS) is 16.8. The van der Waals surface area contributed by atoms with E-state index in [1.165, 1.54) is 6.26 Å². The monoisotopic (exact) mass is 352 g/mol. The van der Waals surface area contributed by atoms with Gasteiger partial charge in [-0.15, -0.1) is 0 Å². The van der Waals surface area contributed by atoms with Gasteiger partial charge in [0.1, 0.15) is 0 Å². The Balaban J connectivity index is 1.64. The first kappa shape index (κ1) is 16.6. The molecule has 1 aliphatic rings. The summed E-state index contributed by atoms with van der Waals surface area (Å²) in [5.41, 5.74) is 1.14. The summed E-state index contributed by atoms with van der Waals surface area (Å²) >= 11 is 0. The Morgan fingerprint density at radius 1 is 1.23 bits per heavy atom. The van der Waals surface area contributed by atoms with Crippen LogP contribution in [-0.4, -0.2) is 35.0 Å². The van der Waals surface area contributed by atoms with Crippen LogP contribution in [0.25, 0.3) is 10.9 Å². The lowest BCUT2D eigenvalue weighted by Crippen LogP contribution is -2.38. The molecule has 0 radical (unpaired) electrons. The number of H-pyrrole nitrogens is 1. The number of aromatic nitrogens is 1. The smallest absolute Gasteiger partial charge is 0.289 e. The lowest BCUT2D eigenvalue weighted by Gasteiger charge is -2.24. The number of nitrogens with zero attached hydrogens (tertiary/aromatic N) is 1. The second kappa shape index (κ2) is 7.17. The van der Waals surface area contributed by atoms with E-state index >= 15 is 0 Å². The fourth-order valence-electron chi connectivity index (χ4n) is 3.33. The SMILES string of the molecule is O=C(c1ccco1)N(Cc1cc2ccccc2[nH]c1=O)C[C@H]1CCCO1. The van der Waals surface area contributed by atoms with Crippen LogP contribution in [0.3, 0.4) is 0 Å². The molecule has 4 rings (SSSR count). The first-order valence-corrected chi connectivity index (χ1v) is 8.76. The fraction of sp³-hybridized carbons (Fsp3) is 0.300. The van der Waals surface area contributed by atoms with Crippen LogP contribution in [0.5, 0.6) is 0 Å². The van der Waals surface area contributed by atoms with Gasteiger partial charge in [0.15, 0.2) is 5.76 Å². The van der Waals surface area contributed by atoms with Crippen LogP contribution in [0, 0.1) is 0 Å². The number of rotatable bonds is 5. The maximum atomic E-state index is 12.8. The minimum atomic E-state index is -0.238. The van der Waals surface area contributed by atoms with E-state index in [1.807, 2.05) is 30.3 Å². The van der Waals surface area contributed by atoms with Crippen molar-refractivity contribution in [3.8, 4) is 0 Å². The van der Waals surface area contributed by atoms with Gasteiger partial charge in [-0.3, -0.25) is 9.59 Å². The molecule has 26 heavy (non-hydrogen) atoms. The number of nitrogens with one attached hydrogen (secondary N) is 1. The van der Waals surface area contributed by atoms with Gasteiger partial charge in [0.2, 0.25) is 0 Å². The Kier molecular flexibility index (Phi) is 4.58. The third-order valence-electron chi connectivity index (χ3n) is 4.66. The molecule has 1 amide bonds. The van der Waals surface area contributed by atoms with Crippen molar-refractivity contribution < 1.29 is 13.9 Å². The second-order valence-corrected chi connectivity index (χ2v) is 6.51. The summed E-state index contributed by atoms with van der Waals surface area (Å²) in [4.78, 5) is 29.8. The molecule has 1 N–H and O–H groups in total. The molecular weight excluding hydrogens is 332 g/mol. The van der Waals surface area contributed by atoms with E-state index in [0.29, 0.717) is 18.7 Å². The molecule has 1 saturated heterocycles. The first-order chi connectivity index (χ1) is 12.7. The highest BCUT2D eigenvalue weighted by Crippen LogP contribution is 2.18. The van der Waals surface area contributed by atoms with E-state index in [-0.39, 0.29) is 29.9 Å². The molecule has 0 spiro atoms. The molecule has 6 nitrogen and oxygen atoms in total. The Bertz CT molecular complexity index is 955. The maximum Gasteiger partial charge on any atom is 0.289 e. The molecule has 0 bridgehead atoms. The number of carbonyl (C=O) groups is 1. The largest absolute Gasteiger partial charge is 0.459 e. The van der Waals surface area contributed by atoms with Gasteiger partial charge in [0.05, 0.1) is 18.9 Å². The Labute approximate surface area is 150 Å². The summed E-state index contributed by atoms with van der Waals surface area (Å²) in [6.07, 6.45) is 3.37. The topological polar surface area (TPSA) is 75.5 Å². The van der Waals surface area contributed by atoms with E-state index in [9.17, 15) is 9.59 Å². The maximum absolute atomic E-state index is 12.8. The summed E-state index contributed by atoms with van der Waals surface area (Å²) in [5, 5.41) is 0.935. The Morgan fingerprint density at radius 2 is 2.12 bits per heavy atom. The zero-order valence-corrected chi connectivity index (χ0v) is 14.3. The van der Waals surface area contributed by atoms with Crippen LogP contribution in [0.15, 0.2) is 57.9 Å². The Morgan fingerprint density at radius 3 is 2.88 bits per heavy atom. The number of hydrogen-bond donors (Lipinski definition) is 1. The highest BCUT2D eigenvalue weighted by atomic mass is 16.5. The molecule has 0 unspecified atom stereocenters. The van der Waals surface area contributed by atoms with Crippen molar-refractivity contribution in [3.63, 3.8) is 0 Å². The summed E-state index contributed by atoms with van der Waals surface area (Å²) in [5.74, 6) is 0.0262. The van der Waals surface area contributed by atoms with Crippen molar-refractivity contribution in [1.29, 1.82) is 0 Å². The van der Waals surface area contributed by atoms with Crippen molar-refractivity contribution in [3.05, 3.63) is 70.4 Å². The Hall–Kier alpha value is -2.86. The molecule has 1 aromatic carbocycles. The molecule has 1 fully saturated rings. The van der Waals surface area contributed by atoms with Crippen molar-refractivity contribution in [2.24, 2.45) is 0 Å². The summed E-state index contributed by atoms with van der Waals surface area (Å²) < 4.78 is 10.9. The zero-order valence-electron chi connectivity index (χ0n) is 14.3. The van der Waals surface area contributed by atoms with Gasteiger partial charge in [-0.05, 0) is 42.5 Å². The van der Waals surface area contributed by atoms with E-state index in [2.05, 4.69) is 4.98 Å². The third-order valence-corrected chi connectivity index (χ3v) is 4.66. The van der Waals surface area contributed by atoms with E-state index in [1.54, 1.807) is 17.0 Å². The summed E-state index contributed by atoms with van der Waals surface area (Å²) in [6, 6.07) is 12.7. The number of carbonyl (C=O) groups excluding carboxylic acids is 1. The average molecular weight is 352 g/mol. The van der Waals surface area contributed by atoms with Crippen molar-refractivity contribution in [2.75, 3.05) is 13.2 Å². The number of hydrogen-bond acceptors (Lipinski definition) is 4. The van der Waals surface area contributed by atoms with Crippen LogP contribution in [-0.2, 0) is 11.3 Å². The highest BCUT2D eigenvalue weighted by Gasteiger charge is 2.25. The third kappa shape index (κ3) is 3.41. The minimum absolute atomic E-state index is 0.00606. The number of amides is 1. The number of benzene rings is 1. The number of para-hydroxylation sites is 1. The van der Waals surface area contributed by atoms with E-state index in [0.717, 1.165) is 23.7 Å². The lowest BCUT2D eigenvalue weighted by atomic mass is 10.1. The van der Waals surface area contributed by atoms with Crippen LogP contribution in [0.1, 0.15) is 29.0 Å². The molecule has 1 aliphatic heterocycles. The van der Waals surface area contributed by atoms with Gasteiger partial charge in [-0.1, -0.05) is 18.2 Å². The minimum Gasteiger partial charge on any atom is -0.459 e. The molecular formula is C20H20N2O4. The van der Waals surface area contributed by atoms with Crippen LogP contribution in [0.4, 0.5) is 0 Å². The molecule has 6 heteroatoms. The second-order valence-electron chi connectivity index (χ2n) is 6.51. The molecule has 0 saturated carbocycles. The van der Waals surface area contributed by atoms with Crippen molar-refractivity contribution in [1.82, 2.24) is 9.88 Å². The van der Waals surface area contributed by atoms with Crippen LogP contribution < -0.4 is 5.56 Å². The fourth-order valence-corrected chi connectivity index (χ4v) is 3.33. The van der Waals surface area contributed by atoms with E-state index < -0.39 is 0 Å². The summed E-state index contributed by atoms with van der Waals surface area (Å²) in [6.45, 7) is 1.36. The van der Waals surface area contributed by atoms with Crippen molar-refractivity contribution >= 4 is 16.8 Å². The number of fused-ring (bicyclic) bond motifs is 1. The van der Waals surface area contributed by atoms with Gasteiger partial charge in [0.25, 0.3) is 11.5 Å². The first-order valence-electron chi connectivity index (χ1n) is 8.76. The predicted octanol–water partition coefficient (Wildman–Crippen LogP) is 2.94. The van der Waals surface area contributed by atoms with Gasteiger partial charge in [-0.2, -0.15) is 0 Å². The van der Waals surface area contributed by atoms with Gasteiger partial charge in [-0.25, -0.2) is 0 Å². The van der Waals surface area contributed by atoms with Gasteiger partial charge in [0, 0.05) is 24.2 Å². The quantitative estimate of drug-likeness (QED) is 0.766. The van der Waals surface area contributed by atoms with E-state index in [4.69, 9.17) is 9.15 Å². The number of pyridine rings is 1. The standard InChI is InChI=1S/C20H20N2O4/c23-19-15(11-14-5-1-2-7-17(14)21-19)12-22(13-16-6-3-9-25-16)20(24)18-8-4-10-26-18/h1-2,4-5,7-8,10-11,16H,3,6,9,12-13H2,(H,21,23)/t16-/m1/s1. The molecule has 2 aromatic heterocycles. The highest BCUT2D eigenvalue weighted by molar-refractivity contribution is 5.91. The predicted molar refractivity (Wildman–Crippen MR) is 97.0 cm³/mol. The number of ether oxygens (including phenoxy) is 1. The van der Waals surface area contributed by atoms with Crippen LogP contribution in [0.2, 0.25) is 0 Å². The zero-order chi connectivity index (χ0) is 17.9. The van der Waals surface area contributed by atoms with Crippen LogP contribution >= 0.6 is 0 Å².